The van der Waals surface area contributed by atoms with E-state index in [1.807, 2.05) is 0 Å². The summed E-state index contributed by atoms with van der Waals surface area (Å²) in [6.45, 7) is 17.3. The van der Waals surface area contributed by atoms with E-state index in [-0.39, 0.29) is 23.6 Å². The Labute approximate surface area is 193 Å². The molecule has 0 radical (unpaired) electrons. The number of nitrogens with zero attached hydrogens (tertiary/aromatic N) is 3. The monoisotopic (exact) mass is 488 g/mol. The molecule has 0 unspecified atom stereocenters. The molecule has 0 spiro atoms. The molecule has 32 heavy (non-hydrogen) atoms. The quantitative estimate of drug-likeness (QED) is 0.419. The second-order valence-electron chi connectivity index (χ2n) is 9.86. The Morgan fingerprint density at radius 3 is 2.16 bits per heavy atom. The molecule has 2 rings (SSSR count). The third kappa shape index (κ3) is 5.66. The van der Waals surface area contributed by atoms with Gasteiger partial charge in [-0.25, -0.2) is 9.78 Å². The van der Waals surface area contributed by atoms with Gasteiger partial charge < -0.3 is 29.2 Å². The van der Waals surface area contributed by atoms with E-state index in [0.717, 1.165) is 10.9 Å². The van der Waals surface area contributed by atoms with Gasteiger partial charge in [-0.15, -0.1) is 0 Å². The molecular weight excluding hydrogens is 448 g/mol. The Balaban J connectivity index is 2.24. The molecule has 1 aliphatic rings. The van der Waals surface area contributed by atoms with Gasteiger partial charge in [0.1, 0.15) is 24.6 Å². The first-order valence-corrected chi connectivity index (χ1v) is 15.1. The van der Waals surface area contributed by atoms with E-state index in [2.05, 4.69) is 65.4 Å². The summed E-state index contributed by atoms with van der Waals surface area (Å²) >= 11 is 0. The number of anilines is 1. The number of aliphatic hydroxyl groups is 2. The molecule has 4 atom stereocenters. The van der Waals surface area contributed by atoms with Crippen LogP contribution in [0.5, 0.6) is 0 Å². The summed E-state index contributed by atoms with van der Waals surface area (Å²) in [7, 11) is -4.27. The van der Waals surface area contributed by atoms with Crippen molar-refractivity contribution >= 4 is 23.5 Å². The highest BCUT2D eigenvalue weighted by Gasteiger charge is 2.50. The summed E-state index contributed by atoms with van der Waals surface area (Å²) in [5.41, 5.74) is 6.00. The highest BCUT2D eigenvalue weighted by atomic mass is 28.4. The van der Waals surface area contributed by atoms with Gasteiger partial charge in [0.2, 0.25) is 5.95 Å². The van der Waals surface area contributed by atoms with Crippen LogP contribution in [0, 0.1) is 0 Å². The lowest BCUT2D eigenvalue weighted by Crippen LogP contribution is -2.54. The summed E-state index contributed by atoms with van der Waals surface area (Å²) < 4.78 is 20.3. The van der Waals surface area contributed by atoms with Crippen molar-refractivity contribution in [1.29, 1.82) is 0 Å². The minimum absolute atomic E-state index is 0.0548. The van der Waals surface area contributed by atoms with Gasteiger partial charge in [0.25, 0.3) is 0 Å². The van der Waals surface area contributed by atoms with Gasteiger partial charge in [-0.3, -0.25) is 4.57 Å². The Hall–Kier alpha value is -1.16. The van der Waals surface area contributed by atoms with Crippen LogP contribution >= 0.6 is 0 Å². The summed E-state index contributed by atoms with van der Waals surface area (Å²) in [6.07, 6.45) is -3.38. The summed E-state index contributed by atoms with van der Waals surface area (Å²) in [5.74, 6) is -0.171. The molecule has 0 amide bonds. The minimum atomic E-state index is -2.70. The van der Waals surface area contributed by atoms with Gasteiger partial charge in [0.15, 0.2) is 15.3 Å². The summed E-state index contributed by atoms with van der Waals surface area (Å²) in [5, 5.41) is 21.1. The van der Waals surface area contributed by atoms with Crippen molar-refractivity contribution in [2.24, 2.45) is 0 Å². The average molecular weight is 489 g/mol. The van der Waals surface area contributed by atoms with E-state index >= 15 is 0 Å². The van der Waals surface area contributed by atoms with E-state index in [1.165, 1.54) is 0 Å². The molecular formula is C20H40N4O6Si2. The van der Waals surface area contributed by atoms with Crippen LogP contribution in [-0.4, -0.2) is 67.3 Å². The lowest BCUT2D eigenvalue weighted by Gasteiger charge is -2.43. The maximum Gasteiger partial charge on any atom is 0.354 e. The standard InChI is InChI=1S/C20H40N4O6Si2/c1-11(2)31(12(3)4)30-32(13(5)6,14(7)8)28-9-15-16(25)17(26)18(29-15)24-10-22-19(21)23-20(24)27/h10-18,25-26,31H,9H2,1-8H3,(H2,21,23,27)/t15-,16-,17-,18-/m1/s1. The Kier molecular flexibility index (Phi) is 9.18. The molecule has 10 nitrogen and oxygen atoms in total. The third-order valence-electron chi connectivity index (χ3n) is 6.07. The van der Waals surface area contributed by atoms with Gasteiger partial charge in [-0.1, -0.05) is 55.4 Å². The van der Waals surface area contributed by atoms with E-state index in [0.29, 0.717) is 11.1 Å². The lowest BCUT2D eigenvalue weighted by molar-refractivity contribution is -0.0558. The predicted octanol–water partition coefficient (Wildman–Crippen LogP) is 1.68. The number of aliphatic hydroxyl groups excluding tert-OH is 2. The summed E-state index contributed by atoms with van der Waals surface area (Å²) in [4.78, 5) is 19.5. The molecule has 4 N–H and O–H groups in total. The van der Waals surface area contributed by atoms with Crippen LogP contribution in [0.1, 0.15) is 61.6 Å². The van der Waals surface area contributed by atoms with Crippen molar-refractivity contribution in [2.75, 3.05) is 12.3 Å². The molecule has 2 heterocycles. The van der Waals surface area contributed by atoms with Crippen molar-refractivity contribution in [3.05, 3.63) is 16.8 Å². The van der Waals surface area contributed by atoms with Crippen LogP contribution in [0.2, 0.25) is 22.2 Å². The van der Waals surface area contributed by atoms with Crippen molar-refractivity contribution in [2.45, 2.75) is 102 Å². The SMILES string of the molecule is CC(C)[SiH](O[Si](OC[C@H]1O[C@@H](n2cnc(N)nc2=O)[C@H](O)[C@@H]1O)(C(C)C)C(C)C)C(C)C. The number of hydrogen-bond donors (Lipinski definition) is 3. The minimum Gasteiger partial charge on any atom is -0.437 e. The van der Waals surface area contributed by atoms with Crippen molar-refractivity contribution in [3.8, 4) is 0 Å². The lowest BCUT2D eigenvalue weighted by atomic mass is 10.1. The molecule has 0 bridgehead atoms. The molecule has 1 aromatic rings. The maximum absolute atomic E-state index is 12.1. The van der Waals surface area contributed by atoms with E-state index in [9.17, 15) is 15.0 Å². The topological polar surface area (TPSA) is 142 Å². The van der Waals surface area contributed by atoms with Gasteiger partial charge in [0.05, 0.1) is 6.61 Å². The van der Waals surface area contributed by atoms with Crippen LogP contribution in [0.25, 0.3) is 0 Å². The second kappa shape index (κ2) is 10.8. The van der Waals surface area contributed by atoms with Gasteiger partial charge in [-0.2, -0.15) is 4.98 Å². The molecule has 1 aliphatic heterocycles. The zero-order valence-electron chi connectivity index (χ0n) is 20.4. The maximum atomic E-state index is 12.1. The first-order chi connectivity index (χ1) is 14.8. The highest BCUT2D eigenvalue weighted by Crippen LogP contribution is 2.39. The largest absolute Gasteiger partial charge is 0.437 e. The van der Waals surface area contributed by atoms with Crippen LogP contribution in [0.3, 0.4) is 0 Å². The molecule has 1 aromatic heterocycles. The number of nitrogens with two attached hydrogens (primary N) is 1. The number of nitrogen functional groups attached to an aromatic ring is 1. The second-order valence-corrected chi connectivity index (χ2v) is 18.4. The zero-order chi connectivity index (χ0) is 24.4. The molecule has 1 fully saturated rings. The first-order valence-electron chi connectivity index (χ1n) is 11.4. The normalized spacial score (nSPS) is 24.6. The fourth-order valence-electron chi connectivity index (χ4n) is 4.40. The zero-order valence-corrected chi connectivity index (χ0v) is 22.6. The number of ether oxygens (including phenoxy) is 1. The molecule has 184 valence electrons. The number of rotatable bonds is 10. The third-order valence-corrected chi connectivity index (χ3v) is 15.1. The number of hydrogen-bond acceptors (Lipinski definition) is 9. The van der Waals surface area contributed by atoms with Crippen molar-refractivity contribution in [1.82, 2.24) is 14.5 Å². The van der Waals surface area contributed by atoms with E-state index < -0.39 is 47.8 Å². The molecule has 0 aromatic carbocycles. The Morgan fingerprint density at radius 2 is 1.69 bits per heavy atom. The molecule has 12 heteroatoms. The van der Waals surface area contributed by atoms with E-state index in [4.69, 9.17) is 19.0 Å². The Morgan fingerprint density at radius 1 is 1.12 bits per heavy atom. The van der Waals surface area contributed by atoms with Gasteiger partial charge in [0, 0.05) is 0 Å². The van der Waals surface area contributed by atoms with Crippen LogP contribution < -0.4 is 11.4 Å². The van der Waals surface area contributed by atoms with Crippen LogP contribution in [0.15, 0.2) is 11.1 Å². The predicted molar refractivity (Wildman–Crippen MR) is 127 cm³/mol. The van der Waals surface area contributed by atoms with Crippen molar-refractivity contribution < 1.29 is 23.5 Å². The average Bonchev–Trinajstić information content (AvgIpc) is 2.95. The van der Waals surface area contributed by atoms with Crippen molar-refractivity contribution in [3.63, 3.8) is 0 Å². The fraction of sp³-hybridized carbons (Fsp3) is 0.850. The van der Waals surface area contributed by atoms with E-state index in [1.54, 1.807) is 0 Å². The summed E-state index contributed by atoms with van der Waals surface area (Å²) in [6, 6.07) is 0. The first kappa shape index (κ1) is 27.1. The molecule has 0 saturated carbocycles. The smallest absolute Gasteiger partial charge is 0.354 e. The van der Waals surface area contributed by atoms with Gasteiger partial charge >= 0.3 is 14.3 Å². The van der Waals surface area contributed by atoms with Gasteiger partial charge in [-0.05, 0) is 22.2 Å². The number of aromatic nitrogens is 3. The van der Waals surface area contributed by atoms with Crippen LogP contribution in [0.4, 0.5) is 5.95 Å². The fourth-order valence-corrected chi connectivity index (χ4v) is 14.7. The van der Waals surface area contributed by atoms with Crippen LogP contribution in [-0.2, 0) is 13.3 Å². The Bertz CT molecular complexity index is 791. The molecule has 1 saturated heterocycles. The highest BCUT2D eigenvalue weighted by molar-refractivity contribution is 6.78. The molecule has 0 aliphatic carbocycles.